The second kappa shape index (κ2) is 7.32. The van der Waals surface area contributed by atoms with E-state index in [9.17, 15) is 8.42 Å². The number of rotatable bonds is 7. The van der Waals surface area contributed by atoms with Crippen LogP contribution in [0, 0.1) is 17.2 Å². The SMILES string of the molecule is CCC1CC(N(CCC#N)S(=O)(=O)C2CC2)CC1c1nnc2cnc3[nH]ccc3n12. The van der Waals surface area contributed by atoms with E-state index >= 15 is 0 Å². The molecule has 0 amide bonds. The predicted molar refractivity (Wildman–Crippen MR) is 111 cm³/mol. The van der Waals surface area contributed by atoms with E-state index in [1.165, 1.54) is 0 Å². The molecule has 2 fully saturated rings. The summed E-state index contributed by atoms with van der Waals surface area (Å²) in [5, 5.41) is 17.6. The van der Waals surface area contributed by atoms with E-state index in [0.717, 1.165) is 42.7 Å². The largest absolute Gasteiger partial charge is 0.345 e. The summed E-state index contributed by atoms with van der Waals surface area (Å²) in [6.07, 6.45) is 7.65. The van der Waals surface area contributed by atoms with Gasteiger partial charge in [0.25, 0.3) is 0 Å². The fourth-order valence-electron chi connectivity index (χ4n) is 4.97. The van der Waals surface area contributed by atoms with E-state index in [-0.39, 0.29) is 30.2 Å². The van der Waals surface area contributed by atoms with Crippen LogP contribution in [-0.2, 0) is 10.0 Å². The van der Waals surface area contributed by atoms with Gasteiger partial charge in [0.1, 0.15) is 5.82 Å². The zero-order chi connectivity index (χ0) is 20.9. The van der Waals surface area contributed by atoms with Crippen molar-refractivity contribution in [2.75, 3.05) is 6.54 Å². The average molecular weight is 428 g/mol. The molecule has 9 nitrogen and oxygen atoms in total. The van der Waals surface area contributed by atoms with Crippen molar-refractivity contribution >= 4 is 26.8 Å². The Morgan fingerprint density at radius 3 is 2.90 bits per heavy atom. The van der Waals surface area contributed by atoms with E-state index in [0.29, 0.717) is 18.0 Å². The molecule has 3 atom stereocenters. The number of hydrogen-bond donors (Lipinski definition) is 1. The molecule has 5 rings (SSSR count). The van der Waals surface area contributed by atoms with Crippen molar-refractivity contribution in [1.29, 1.82) is 5.26 Å². The molecule has 10 heteroatoms. The predicted octanol–water partition coefficient (Wildman–Crippen LogP) is 2.59. The van der Waals surface area contributed by atoms with Gasteiger partial charge in [-0.15, -0.1) is 10.2 Å². The normalized spacial score (nSPS) is 24.8. The number of sulfonamides is 1. The molecule has 0 spiro atoms. The molecule has 0 bridgehead atoms. The number of nitrogens with zero attached hydrogens (tertiary/aromatic N) is 6. The number of fused-ring (bicyclic) bond motifs is 3. The Morgan fingerprint density at radius 1 is 1.33 bits per heavy atom. The summed E-state index contributed by atoms with van der Waals surface area (Å²) >= 11 is 0. The van der Waals surface area contributed by atoms with Gasteiger partial charge in [-0.2, -0.15) is 9.57 Å². The van der Waals surface area contributed by atoms with Crippen LogP contribution < -0.4 is 0 Å². The average Bonchev–Trinajstić information content (AvgIpc) is 3.17. The first kappa shape index (κ1) is 19.5. The molecule has 2 aliphatic carbocycles. The van der Waals surface area contributed by atoms with Crippen molar-refractivity contribution in [1.82, 2.24) is 28.9 Å². The Kier molecular flexibility index (Phi) is 4.75. The number of aromatic amines is 1. The second-order valence-corrected chi connectivity index (χ2v) is 10.6. The zero-order valence-corrected chi connectivity index (χ0v) is 17.7. The van der Waals surface area contributed by atoms with E-state index < -0.39 is 10.0 Å². The number of H-pyrrole nitrogens is 1. The molecule has 2 saturated carbocycles. The van der Waals surface area contributed by atoms with Gasteiger partial charge >= 0.3 is 0 Å². The molecule has 3 aromatic rings. The minimum Gasteiger partial charge on any atom is -0.345 e. The molecule has 1 N–H and O–H groups in total. The van der Waals surface area contributed by atoms with Crippen molar-refractivity contribution in [3.05, 3.63) is 24.3 Å². The Morgan fingerprint density at radius 2 is 2.17 bits per heavy atom. The molecule has 0 aliphatic heterocycles. The standard InChI is InChI=1S/C20H25N7O2S/c1-2-13-10-14(26(9-3-7-21)30(28,29)15-4-5-15)11-16(13)20-25-24-18-12-23-19-17(27(18)20)6-8-22-19/h6,8,12-16,22H,2-5,9-11H2,1H3. The third-order valence-electron chi connectivity index (χ3n) is 6.62. The molecule has 0 radical (unpaired) electrons. The highest BCUT2D eigenvalue weighted by molar-refractivity contribution is 7.90. The van der Waals surface area contributed by atoms with Crippen LogP contribution in [0.2, 0.25) is 0 Å². The van der Waals surface area contributed by atoms with Crippen LogP contribution in [0.1, 0.15) is 57.2 Å². The maximum Gasteiger partial charge on any atom is 0.217 e. The Labute approximate surface area is 175 Å². The maximum atomic E-state index is 13.1. The van der Waals surface area contributed by atoms with Crippen LogP contribution >= 0.6 is 0 Å². The second-order valence-electron chi connectivity index (χ2n) is 8.38. The van der Waals surface area contributed by atoms with Crippen molar-refractivity contribution in [3.8, 4) is 6.07 Å². The smallest absolute Gasteiger partial charge is 0.217 e. The van der Waals surface area contributed by atoms with Crippen LogP contribution in [0.5, 0.6) is 0 Å². The molecule has 0 aromatic carbocycles. The van der Waals surface area contributed by atoms with Crippen LogP contribution in [0.3, 0.4) is 0 Å². The molecule has 2 aliphatic rings. The molecule has 158 valence electrons. The van der Waals surface area contributed by atoms with Gasteiger partial charge in [0.2, 0.25) is 10.0 Å². The lowest BCUT2D eigenvalue weighted by atomic mass is 9.93. The minimum atomic E-state index is -3.35. The Hall–Kier alpha value is -2.51. The lowest BCUT2D eigenvalue weighted by Gasteiger charge is -2.27. The summed E-state index contributed by atoms with van der Waals surface area (Å²) in [6, 6.07) is 3.98. The van der Waals surface area contributed by atoms with Gasteiger partial charge in [-0.1, -0.05) is 13.3 Å². The summed E-state index contributed by atoms with van der Waals surface area (Å²) < 4.78 is 29.9. The molecule has 3 heterocycles. The lowest BCUT2D eigenvalue weighted by Crippen LogP contribution is -2.41. The fourth-order valence-corrected chi connectivity index (χ4v) is 7.02. The third kappa shape index (κ3) is 3.08. The first-order chi connectivity index (χ1) is 14.5. The lowest BCUT2D eigenvalue weighted by molar-refractivity contribution is 0.318. The van der Waals surface area contributed by atoms with E-state index in [4.69, 9.17) is 5.26 Å². The van der Waals surface area contributed by atoms with Crippen LogP contribution in [0.4, 0.5) is 0 Å². The van der Waals surface area contributed by atoms with Crippen LogP contribution in [0.25, 0.3) is 16.8 Å². The van der Waals surface area contributed by atoms with E-state index in [2.05, 4.69) is 33.2 Å². The van der Waals surface area contributed by atoms with Crippen molar-refractivity contribution in [2.24, 2.45) is 5.92 Å². The highest BCUT2D eigenvalue weighted by Crippen LogP contribution is 2.45. The highest BCUT2D eigenvalue weighted by Gasteiger charge is 2.47. The molecule has 30 heavy (non-hydrogen) atoms. The first-order valence-electron chi connectivity index (χ1n) is 10.6. The quantitative estimate of drug-likeness (QED) is 0.619. The maximum absolute atomic E-state index is 13.1. The number of aromatic nitrogens is 5. The van der Waals surface area contributed by atoms with Gasteiger partial charge in [0.05, 0.1) is 23.0 Å². The molecule has 0 saturated heterocycles. The molecular formula is C20H25N7O2S. The van der Waals surface area contributed by atoms with Gasteiger partial charge in [-0.25, -0.2) is 13.4 Å². The van der Waals surface area contributed by atoms with Gasteiger partial charge in [-0.05, 0) is 37.7 Å². The molecule has 3 unspecified atom stereocenters. The number of nitriles is 1. The van der Waals surface area contributed by atoms with Crippen molar-refractivity contribution in [2.45, 2.75) is 62.7 Å². The topological polar surface area (TPSA) is 120 Å². The summed E-state index contributed by atoms with van der Waals surface area (Å²) in [6.45, 7) is 2.42. The van der Waals surface area contributed by atoms with Gasteiger partial charge in [0.15, 0.2) is 11.3 Å². The number of hydrogen-bond acceptors (Lipinski definition) is 6. The molecule has 3 aromatic heterocycles. The van der Waals surface area contributed by atoms with Gasteiger partial charge in [0, 0.05) is 31.1 Å². The number of nitrogens with one attached hydrogen (secondary N) is 1. The zero-order valence-electron chi connectivity index (χ0n) is 16.9. The summed E-state index contributed by atoms with van der Waals surface area (Å²) in [5.74, 6) is 1.29. The Bertz CT molecular complexity index is 1220. The van der Waals surface area contributed by atoms with Gasteiger partial charge < -0.3 is 4.98 Å². The van der Waals surface area contributed by atoms with E-state index in [1.807, 2.05) is 16.7 Å². The molecular weight excluding hydrogens is 402 g/mol. The summed E-state index contributed by atoms with van der Waals surface area (Å²) in [4.78, 5) is 7.52. The Balaban J connectivity index is 1.52. The fraction of sp³-hybridized carbons (Fsp3) is 0.600. The first-order valence-corrected chi connectivity index (χ1v) is 12.1. The van der Waals surface area contributed by atoms with Gasteiger partial charge in [-0.3, -0.25) is 4.40 Å². The van der Waals surface area contributed by atoms with Crippen molar-refractivity contribution < 1.29 is 8.42 Å². The van der Waals surface area contributed by atoms with Crippen LogP contribution in [0.15, 0.2) is 18.5 Å². The van der Waals surface area contributed by atoms with Crippen LogP contribution in [-0.4, -0.2) is 55.1 Å². The summed E-state index contributed by atoms with van der Waals surface area (Å²) in [7, 11) is -3.35. The van der Waals surface area contributed by atoms with E-state index in [1.54, 1.807) is 10.5 Å². The monoisotopic (exact) mass is 427 g/mol. The highest BCUT2D eigenvalue weighted by atomic mass is 32.2. The third-order valence-corrected chi connectivity index (χ3v) is 9.06. The van der Waals surface area contributed by atoms with Crippen molar-refractivity contribution in [3.63, 3.8) is 0 Å². The summed E-state index contributed by atoms with van der Waals surface area (Å²) in [5.41, 5.74) is 2.40. The minimum absolute atomic E-state index is 0.102.